The van der Waals surface area contributed by atoms with Crippen LogP contribution in [-0.4, -0.2) is 44.3 Å². The van der Waals surface area contributed by atoms with E-state index in [9.17, 15) is 4.79 Å². The van der Waals surface area contributed by atoms with Gasteiger partial charge in [0.05, 0.1) is 29.5 Å². The van der Waals surface area contributed by atoms with Crippen LogP contribution >= 0.6 is 0 Å². The molecule has 0 spiro atoms. The molecule has 4 rings (SSSR count). The maximum Gasteiger partial charge on any atom is 0.306 e. The smallest absolute Gasteiger partial charge is 0.306 e. The molecule has 0 aromatic carbocycles. The maximum atomic E-state index is 11.1. The number of carboxylic acid groups (broad SMARTS) is 1. The molecule has 0 amide bonds. The monoisotopic (exact) mass is 297 g/mol. The molecule has 1 aliphatic rings. The number of nitrogens with one attached hydrogen (secondary N) is 1. The van der Waals surface area contributed by atoms with Gasteiger partial charge in [0.1, 0.15) is 0 Å². The average molecular weight is 297 g/mol. The van der Waals surface area contributed by atoms with Crippen LogP contribution < -0.4 is 4.90 Å². The zero-order valence-corrected chi connectivity index (χ0v) is 11.9. The van der Waals surface area contributed by atoms with Gasteiger partial charge in [0.2, 0.25) is 0 Å². The highest BCUT2D eigenvalue weighted by atomic mass is 16.4. The third-order valence-electron chi connectivity index (χ3n) is 4.35. The van der Waals surface area contributed by atoms with Crippen LogP contribution in [-0.2, 0) is 4.79 Å². The number of hydrogen-bond donors (Lipinski definition) is 2. The fourth-order valence-electron chi connectivity index (χ4n) is 3.16. The van der Waals surface area contributed by atoms with E-state index in [-0.39, 0.29) is 5.92 Å². The Morgan fingerprint density at radius 2 is 2.09 bits per heavy atom. The van der Waals surface area contributed by atoms with Crippen LogP contribution in [0.2, 0.25) is 0 Å². The van der Waals surface area contributed by atoms with Crippen molar-refractivity contribution in [3.8, 4) is 0 Å². The summed E-state index contributed by atoms with van der Waals surface area (Å²) < 4.78 is 0. The van der Waals surface area contributed by atoms with E-state index in [1.54, 1.807) is 18.6 Å². The van der Waals surface area contributed by atoms with Gasteiger partial charge in [-0.25, -0.2) is 9.97 Å². The number of anilines is 1. The number of aromatic nitrogens is 4. The van der Waals surface area contributed by atoms with Crippen LogP contribution in [0.15, 0.2) is 24.7 Å². The topological polar surface area (TPSA) is 95.0 Å². The molecule has 0 saturated carbocycles. The molecular formula is C15H15N5O2. The molecule has 0 aliphatic carbocycles. The molecule has 7 nitrogen and oxygen atoms in total. The number of pyridine rings is 1. The summed E-state index contributed by atoms with van der Waals surface area (Å²) in [6.45, 7) is 1.44. The number of rotatable bonds is 2. The second-order valence-electron chi connectivity index (χ2n) is 5.58. The number of aliphatic carboxylic acids is 1. The highest BCUT2D eigenvalue weighted by Crippen LogP contribution is 2.32. The van der Waals surface area contributed by atoms with Crippen LogP contribution in [0.25, 0.3) is 21.9 Å². The molecule has 1 saturated heterocycles. The summed E-state index contributed by atoms with van der Waals surface area (Å²) in [6, 6.07) is 1.95. The Balaban J connectivity index is 1.79. The van der Waals surface area contributed by atoms with Crippen molar-refractivity contribution in [2.45, 2.75) is 12.8 Å². The summed E-state index contributed by atoms with van der Waals surface area (Å²) in [5, 5.41) is 18.3. The minimum Gasteiger partial charge on any atom is -0.481 e. The average Bonchev–Trinajstić information content (AvgIpc) is 3.03. The third-order valence-corrected chi connectivity index (χ3v) is 4.35. The normalized spacial score (nSPS) is 16.5. The zero-order valence-electron chi connectivity index (χ0n) is 11.9. The van der Waals surface area contributed by atoms with E-state index in [2.05, 4.69) is 25.1 Å². The first-order valence-corrected chi connectivity index (χ1v) is 7.28. The molecule has 112 valence electrons. The molecule has 0 unspecified atom stereocenters. The largest absolute Gasteiger partial charge is 0.481 e. The summed E-state index contributed by atoms with van der Waals surface area (Å²) in [7, 11) is 0. The fourth-order valence-corrected chi connectivity index (χ4v) is 3.16. The minimum atomic E-state index is -0.698. The van der Waals surface area contributed by atoms with Crippen molar-refractivity contribution in [2.24, 2.45) is 5.92 Å². The molecule has 0 atom stereocenters. The Hall–Kier alpha value is -2.70. The lowest BCUT2D eigenvalue weighted by Gasteiger charge is -2.32. The van der Waals surface area contributed by atoms with Crippen molar-refractivity contribution in [2.75, 3.05) is 18.0 Å². The Morgan fingerprint density at radius 3 is 2.86 bits per heavy atom. The first-order valence-electron chi connectivity index (χ1n) is 7.28. The van der Waals surface area contributed by atoms with Crippen LogP contribution in [0.1, 0.15) is 12.8 Å². The zero-order chi connectivity index (χ0) is 15.1. The molecule has 0 bridgehead atoms. The Morgan fingerprint density at radius 1 is 1.27 bits per heavy atom. The lowest BCUT2D eigenvalue weighted by atomic mass is 9.96. The Bertz CT molecular complexity index is 851. The summed E-state index contributed by atoms with van der Waals surface area (Å²) in [5.41, 5.74) is 2.59. The summed E-state index contributed by atoms with van der Waals surface area (Å²) >= 11 is 0. The van der Waals surface area contributed by atoms with Gasteiger partial charge in [-0.1, -0.05) is 0 Å². The standard InChI is InChI=1S/C15H15N5O2/c21-15(22)9-2-5-20(6-3-9)12-8-18-19-11-7-17-14-10(13(11)12)1-4-16-14/h1,4,7-9,19H,2-3,5-6H2,(H,21,22). The van der Waals surface area contributed by atoms with Gasteiger partial charge in [-0.05, 0) is 18.9 Å². The van der Waals surface area contributed by atoms with E-state index in [0.717, 1.165) is 35.1 Å². The maximum absolute atomic E-state index is 11.1. The van der Waals surface area contributed by atoms with Crippen LogP contribution in [0.4, 0.5) is 5.69 Å². The van der Waals surface area contributed by atoms with Crippen molar-refractivity contribution in [1.82, 2.24) is 20.2 Å². The summed E-state index contributed by atoms with van der Waals surface area (Å²) in [4.78, 5) is 21.9. The van der Waals surface area contributed by atoms with Crippen molar-refractivity contribution in [1.29, 1.82) is 0 Å². The van der Waals surface area contributed by atoms with E-state index < -0.39 is 5.97 Å². The second-order valence-corrected chi connectivity index (χ2v) is 5.58. The number of H-pyrrole nitrogens is 1. The second kappa shape index (κ2) is 4.94. The van der Waals surface area contributed by atoms with E-state index >= 15 is 0 Å². The van der Waals surface area contributed by atoms with Crippen molar-refractivity contribution >= 4 is 33.6 Å². The van der Waals surface area contributed by atoms with Gasteiger partial charge in [-0.2, -0.15) is 5.10 Å². The SMILES string of the molecule is O=C(O)C1CCN(c2cn[nH]c3cnc4nccc4c23)CC1. The number of carboxylic acids is 1. The van der Waals surface area contributed by atoms with Gasteiger partial charge in [0.25, 0.3) is 0 Å². The predicted molar refractivity (Wildman–Crippen MR) is 81.8 cm³/mol. The first-order chi connectivity index (χ1) is 10.7. The van der Waals surface area contributed by atoms with Crippen molar-refractivity contribution < 1.29 is 9.90 Å². The van der Waals surface area contributed by atoms with Gasteiger partial charge in [-0.15, -0.1) is 0 Å². The molecule has 0 radical (unpaired) electrons. The number of fused-ring (bicyclic) bond motifs is 3. The molecule has 2 N–H and O–H groups in total. The molecule has 7 heteroatoms. The Labute approximate surface area is 126 Å². The van der Waals surface area contributed by atoms with Crippen molar-refractivity contribution in [3.63, 3.8) is 0 Å². The molecule has 4 heterocycles. The van der Waals surface area contributed by atoms with E-state index in [1.807, 2.05) is 6.07 Å². The van der Waals surface area contributed by atoms with Crippen LogP contribution in [0.5, 0.6) is 0 Å². The third kappa shape index (κ3) is 1.97. The number of nitrogens with zero attached hydrogens (tertiary/aromatic N) is 4. The molecular weight excluding hydrogens is 282 g/mol. The van der Waals surface area contributed by atoms with Gasteiger partial charge < -0.3 is 10.0 Å². The number of carbonyl (C=O) groups is 1. The lowest BCUT2D eigenvalue weighted by molar-refractivity contribution is -0.142. The van der Waals surface area contributed by atoms with E-state index in [0.29, 0.717) is 18.5 Å². The first kappa shape index (κ1) is 13.0. The quantitative estimate of drug-likeness (QED) is 0.749. The summed E-state index contributed by atoms with van der Waals surface area (Å²) in [5.74, 6) is -0.941. The van der Waals surface area contributed by atoms with Gasteiger partial charge in [0, 0.05) is 30.1 Å². The molecule has 22 heavy (non-hydrogen) atoms. The molecule has 1 fully saturated rings. The van der Waals surface area contributed by atoms with E-state index in [1.165, 1.54) is 0 Å². The van der Waals surface area contributed by atoms with Crippen LogP contribution in [0.3, 0.4) is 0 Å². The van der Waals surface area contributed by atoms with Gasteiger partial charge in [0.15, 0.2) is 5.65 Å². The molecule has 3 aromatic rings. The highest BCUT2D eigenvalue weighted by Gasteiger charge is 2.26. The van der Waals surface area contributed by atoms with Gasteiger partial charge in [-0.3, -0.25) is 9.89 Å². The number of hydrogen-bond acceptors (Lipinski definition) is 5. The molecule has 3 aromatic heterocycles. The Kier molecular flexibility index (Phi) is 2.92. The highest BCUT2D eigenvalue weighted by molar-refractivity contribution is 6.09. The minimum absolute atomic E-state index is 0.243. The lowest BCUT2D eigenvalue weighted by Crippen LogP contribution is -2.36. The van der Waals surface area contributed by atoms with Gasteiger partial charge >= 0.3 is 5.97 Å². The fraction of sp³-hybridized carbons (Fsp3) is 0.333. The summed E-state index contributed by atoms with van der Waals surface area (Å²) in [6.07, 6.45) is 6.60. The number of piperidine rings is 1. The van der Waals surface area contributed by atoms with Crippen LogP contribution in [0, 0.1) is 5.92 Å². The van der Waals surface area contributed by atoms with Crippen molar-refractivity contribution in [3.05, 3.63) is 24.7 Å². The number of aromatic amines is 1. The molecule has 1 aliphatic heterocycles. The predicted octanol–water partition coefficient (Wildman–Crippen LogP) is 1.81. The van der Waals surface area contributed by atoms with E-state index in [4.69, 9.17) is 5.11 Å².